The number of aromatic nitrogens is 1. The molecule has 2 aromatic rings. The summed E-state index contributed by atoms with van der Waals surface area (Å²) in [7, 11) is 0. The Kier molecular flexibility index (Phi) is 3.83. The molecule has 0 spiro atoms. The van der Waals surface area contributed by atoms with Gasteiger partial charge in [-0.3, -0.25) is 0 Å². The van der Waals surface area contributed by atoms with E-state index >= 15 is 0 Å². The summed E-state index contributed by atoms with van der Waals surface area (Å²) in [6.45, 7) is 0. The van der Waals surface area contributed by atoms with E-state index in [2.05, 4.69) is 15.0 Å². The minimum absolute atomic E-state index is 0.202. The number of benzene rings is 1. The maximum atomic E-state index is 13.5. The van der Waals surface area contributed by atoms with Crippen molar-refractivity contribution >= 4 is 17.3 Å². The van der Waals surface area contributed by atoms with Crippen LogP contribution in [-0.4, -0.2) is 11.3 Å². The van der Waals surface area contributed by atoms with E-state index in [0.29, 0.717) is 6.07 Å². The number of nitrogens with zero attached hydrogens (tertiary/aromatic N) is 1. The van der Waals surface area contributed by atoms with E-state index in [1.807, 2.05) is 0 Å². The van der Waals surface area contributed by atoms with Gasteiger partial charge >= 0.3 is 6.36 Å². The SMILES string of the molecule is Nc1nc(Nc2ccccc2OC(F)(F)F)c(F)cc1F. The van der Waals surface area contributed by atoms with Crippen molar-refractivity contribution in [3.05, 3.63) is 42.0 Å². The maximum Gasteiger partial charge on any atom is 0.573 e. The Balaban J connectivity index is 2.34. The third kappa shape index (κ3) is 3.71. The predicted octanol–water partition coefficient (Wildman–Crippen LogP) is 3.58. The molecule has 1 aromatic heterocycles. The molecule has 1 aromatic carbocycles. The largest absolute Gasteiger partial charge is 0.573 e. The molecule has 0 atom stereocenters. The highest BCUT2D eigenvalue weighted by atomic mass is 19.4. The topological polar surface area (TPSA) is 60.2 Å². The van der Waals surface area contributed by atoms with Gasteiger partial charge in [-0.15, -0.1) is 13.2 Å². The van der Waals surface area contributed by atoms with Crippen molar-refractivity contribution in [3.63, 3.8) is 0 Å². The summed E-state index contributed by atoms with van der Waals surface area (Å²) in [5.74, 6) is -3.88. The molecule has 2 rings (SSSR count). The van der Waals surface area contributed by atoms with Crippen molar-refractivity contribution in [3.8, 4) is 5.75 Å². The average molecular weight is 305 g/mol. The first kappa shape index (κ1) is 14.8. The first-order valence-corrected chi connectivity index (χ1v) is 5.49. The van der Waals surface area contributed by atoms with Crippen molar-refractivity contribution in [2.24, 2.45) is 0 Å². The molecule has 0 bridgehead atoms. The van der Waals surface area contributed by atoms with Crippen molar-refractivity contribution in [2.45, 2.75) is 6.36 Å². The van der Waals surface area contributed by atoms with Gasteiger partial charge in [0, 0.05) is 6.07 Å². The Morgan fingerprint density at radius 2 is 1.76 bits per heavy atom. The number of hydrogen-bond donors (Lipinski definition) is 2. The molecular weight excluding hydrogens is 297 g/mol. The van der Waals surface area contributed by atoms with Crippen molar-refractivity contribution in [1.29, 1.82) is 0 Å². The Hall–Kier alpha value is -2.58. The van der Waals surface area contributed by atoms with E-state index in [1.54, 1.807) is 0 Å². The summed E-state index contributed by atoms with van der Waals surface area (Å²) in [6, 6.07) is 5.41. The van der Waals surface area contributed by atoms with Crippen molar-refractivity contribution in [2.75, 3.05) is 11.1 Å². The van der Waals surface area contributed by atoms with E-state index in [1.165, 1.54) is 18.2 Å². The summed E-state index contributed by atoms with van der Waals surface area (Å²) >= 11 is 0. The van der Waals surface area contributed by atoms with Crippen LogP contribution < -0.4 is 15.8 Å². The number of halogens is 5. The first-order valence-electron chi connectivity index (χ1n) is 5.49. The number of alkyl halides is 3. The fourth-order valence-electron chi connectivity index (χ4n) is 1.48. The van der Waals surface area contributed by atoms with E-state index in [0.717, 1.165) is 6.07 Å². The number of hydrogen-bond acceptors (Lipinski definition) is 4. The fraction of sp³-hybridized carbons (Fsp3) is 0.0833. The van der Waals surface area contributed by atoms with Crippen LogP contribution in [0.2, 0.25) is 0 Å². The lowest BCUT2D eigenvalue weighted by Gasteiger charge is -2.14. The van der Waals surface area contributed by atoms with Gasteiger partial charge in [0.1, 0.15) is 0 Å². The minimum atomic E-state index is -4.91. The number of pyridine rings is 1. The number of nitrogens with two attached hydrogens (primary N) is 1. The molecule has 0 saturated carbocycles. The number of nitrogen functional groups attached to an aromatic ring is 1. The lowest BCUT2D eigenvalue weighted by Crippen LogP contribution is -2.18. The predicted molar refractivity (Wildman–Crippen MR) is 65.0 cm³/mol. The highest BCUT2D eigenvalue weighted by molar-refractivity contribution is 5.65. The second-order valence-corrected chi connectivity index (χ2v) is 3.85. The Morgan fingerprint density at radius 3 is 2.43 bits per heavy atom. The summed E-state index contributed by atoms with van der Waals surface area (Å²) in [4.78, 5) is 3.38. The average Bonchev–Trinajstić information content (AvgIpc) is 2.36. The normalized spacial score (nSPS) is 11.3. The minimum Gasteiger partial charge on any atom is -0.404 e. The van der Waals surface area contributed by atoms with Gasteiger partial charge in [0.15, 0.2) is 29.0 Å². The molecule has 1 heterocycles. The van der Waals surface area contributed by atoms with Crippen LogP contribution in [0.5, 0.6) is 5.75 Å². The molecule has 0 aliphatic heterocycles. The van der Waals surface area contributed by atoms with Crippen LogP contribution in [0.25, 0.3) is 0 Å². The van der Waals surface area contributed by atoms with Gasteiger partial charge < -0.3 is 15.8 Å². The fourth-order valence-corrected chi connectivity index (χ4v) is 1.48. The molecule has 0 aliphatic carbocycles. The van der Waals surface area contributed by atoms with Crippen molar-refractivity contribution in [1.82, 2.24) is 4.98 Å². The zero-order valence-electron chi connectivity index (χ0n) is 10.2. The second kappa shape index (κ2) is 5.43. The van der Waals surface area contributed by atoms with Crippen LogP contribution in [-0.2, 0) is 0 Å². The Labute approximate surface area is 115 Å². The van der Waals surface area contributed by atoms with Crippen LogP contribution >= 0.6 is 0 Å². The molecule has 9 heteroatoms. The van der Waals surface area contributed by atoms with Crippen LogP contribution in [0.3, 0.4) is 0 Å². The lowest BCUT2D eigenvalue weighted by atomic mass is 10.3. The van der Waals surface area contributed by atoms with E-state index in [4.69, 9.17) is 5.73 Å². The summed E-state index contributed by atoms with van der Waals surface area (Å²) in [5, 5.41) is 2.27. The Morgan fingerprint density at radius 1 is 1.10 bits per heavy atom. The first-order chi connectivity index (χ1) is 9.76. The lowest BCUT2D eigenvalue weighted by molar-refractivity contribution is -0.274. The number of rotatable bonds is 3. The van der Waals surface area contributed by atoms with Crippen LogP contribution in [0.4, 0.5) is 39.3 Å². The number of nitrogens with one attached hydrogen (secondary N) is 1. The smallest absolute Gasteiger partial charge is 0.404 e. The second-order valence-electron chi connectivity index (χ2n) is 3.85. The zero-order chi connectivity index (χ0) is 15.6. The van der Waals surface area contributed by atoms with E-state index < -0.39 is 35.4 Å². The zero-order valence-corrected chi connectivity index (χ0v) is 10.2. The van der Waals surface area contributed by atoms with Gasteiger partial charge in [-0.05, 0) is 12.1 Å². The molecule has 112 valence electrons. The standard InChI is InChI=1S/C12H8F5N3O/c13-6-5-7(14)11(20-10(6)18)19-8-3-1-2-4-9(8)21-12(15,16)17/h1-5H,(H3,18,19,20). The van der Waals surface area contributed by atoms with Gasteiger partial charge in [0.2, 0.25) is 0 Å². The van der Waals surface area contributed by atoms with Crippen LogP contribution in [0, 0.1) is 11.6 Å². The van der Waals surface area contributed by atoms with Crippen LogP contribution in [0.15, 0.2) is 30.3 Å². The molecule has 0 amide bonds. The highest BCUT2D eigenvalue weighted by Crippen LogP contribution is 2.32. The Bertz CT molecular complexity index is 660. The van der Waals surface area contributed by atoms with Gasteiger partial charge in [0.25, 0.3) is 0 Å². The van der Waals surface area contributed by atoms with Crippen molar-refractivity contribution < 1.29 is 26.7 Å². The molecule has 0 fully saturated rings. The van der Waals surface area contributed by atoms with E-state index in [-0.39, 0.29) is 5.69 Å². The van der Waals surface area contributed by atoms with Crippen LogP contribution in [0.1, 0.15) is 0 Å². The molecule has 0 saturated heterocycles. The summed E-state index contributed by atoms with van der Waals surface area (Å²) in [6.07, 6.45) is -4.91. The summed E-state index contributed by atoms with van der Waals surface area (Å²) in [5.41, 5.74) is 4.98. The molecule has 0 aliphatic rings. The number of para-hydroxylation sites is 2. The van der Waals surface area contributed by atoms with Gasteiger partial charge in [0.05, 0.1) is 5.69 Å². The third-order valence-electron chi connectivity index (χ3n) is 2.32. The summed E-state index contributed by atoms with van der Waals surface area (Å²) < 4.78 is 67.0. The van der Waals surface area contributed by atoms with Gasteiger partial charge in [-0.2, -0.15) is 0 Å². The molecule has 21 heavy (non-hydrogen) atoms. The molecule has 4 nitrogen and oxygen atoms in total. The molecule has 0 radical (unpaired) electrons. The monoisotopic (exact) mass is 305 g/mol. The highest BCUT2D eigenvalue weighted by Gasteiger charge is 2.32. The molecular formula is C12H8F5N3O. The van der Waals surface area contributed by atoms with E-state index in [9.17, 15) is 22.0 Å². The maximum absolute atomic E-state index is 13.5. The van der Waals surface area contributed by atoms with Gasteiger partial charge in [-0.1, -0.05) is 12.1 Å². The quantitative estimate of drug-likeness (QED) is 0.851. The number of ether oxygens (including phenoxy) is 1. The third-order valence-corrected chi connectivity index (χ3v) is 2.32. The number of anilines is 3. The van der Waals surface area contributed by atoms with Gasteiger partial charge in [-0.25, -0.2) is 13.8 Å². The molecule has 0 unspecified atom stereocenters. The molecule has 3 N–H and O–H groups in total.